The van der Waals surface area contributed by atoms with Crippen LogP contribution < -0.4 is 0 Å². The molecule has 9 nitrogen and oxygen atoms in total. The summed E-state index contributed by atoms with van der Waals surface area (Å²) in [6.07, 6.45) is 5.53. The van der Waals surface area contributed by atoms with Gasteiger partial charge in [-0.05, 0) is 43.1 Å². The summed E-state index contributed by atoms with van der Waals surface area (Å²) in [5.74, 6) is -0.426. The number of carbonyl (C=O) groups excluding carboxylic acids is 1. The molecule has 188 valence electrons. The van der Waals surface area contributed by atoms with Crippen molar-refractivity contribution < 1.29 is 17.9 Å². The maximum absolute atomic E-state index is 13.6. The van der Waals surface area contributed by atoms with Gasteiger partial charge in [-0.1, -0.05) is 18.2 Å². The molecule has 0 aliphatic carbocycles. The molecule has 10 heteroatoms. The van der Waals surface area contributed by atoms with Crippen molar-refractivity contribution in [3.05, 3.63) is 65.6 Å². The highest BCUT2D eigenvalue weighted by molar-refractivity contribution is 7.90. The molecule has 1 aromatic carbocycles. The Morgan fingerprint density at radius 2 is 1.83 bits per heavy atom. The van der Waals surface area contributed by atoms with E-state index in [-0.39, 0.29) is 23.4 Å². The number of nitrogens with zero attached hydrogens (tertiary/aromatic N) is 5. The number of rotatable bonds is 4. The van der Waals surface area contributed by atoms with Gasteiger partial charge in [0.1, 0.15) is 0 Å². The number of benzene rings is 1. The molecule has 6 rings (SSSR count). The van der Waals surface area contributed by atoms with E-state index in [9.17, 15) is 13.2 Å². The van der Waals surface area contributed by atoms with E-state index in [1.807, 2.05) is 41.3 Å². The van der Waals surface area contributed by atoms with Crippen LogP contribution in [0, 0.1) is 0 Å². The number of fused-ring (bicyclic) bond motifs is 3. The number of morpholine rings is 1. The van der Waals surface area contributed by atoms with Gasteiger partial charge in [-0.3, -0.25) is 19.4 Å². The van der Waals surface area contributed by atoms with Crippen LogP contribution in [0.5, 0.6) is 0 Å². The topological polar surface area (TPSA) is 97.6 Å². The second kappa shape index (κ2) is 9.42. The molecular formula is C26H29N5O4S. The van der Waals surface area contributed by atoms with E-state index >= 15 is 0 Å². The molecule has 2 aromatic heterocycles. The van der Waals surface area contributed by atoms with E-state index in [1.165, 1.54) is 5.56 Å². The Balaban J connectivity index is 1.41. The van der Waals surface area contributed by atoms with Gasteiger partial charge in [0.2, 0.25) is 0 Å². The molecule has 5 heterocycles. The Morgan fingerprint density at radius 3 is 2.64 bits per heavy atom. The molecule has 36 heavy (non-hydrogen) atoms. The third kappa shape index (κ3) is 4.23. The number of carbonyl (C=O) groups is 1. The monoisotopic (exact) mass is 507 g/mol. The van der Waals surface area contributed by atoms with Gasteiger partial charge in [0.05, 0.1) is 35.6 Å². The number of sulfone groups is 1. The van der Waals surface area contributed by atoms with Crippen molar-refractivity contribution in [3.63, 3.8) is 0 Å². The zero-order valence-corrected chi connectivity index (χ0v) is 20.9. The SMILES string of the molecule is O=C(c1nn([C@H]2CCCN(Cc3ccncc3)C2)c2c1CS(=O)(=O)c1ccccc1-2)N1CCOCC1. The largest absolute Gasteiger partial charge is 0.378 e. The molecule has 0 spiro atoms. The molecule has 0 saturated carbocycles. The van der Waals surface area contributed by atoms with E-state index in [4.69, 9.17) is 9.84 Å². The Bertz CT molecular complexity index is 1380. The lowest BCUT2D eigenvalue weighted by molar-refractivity contribution is 0.0297. The fourth-order valence-corrected chi connectivity index (χ4v) is 7.16. The molecule has 1 amide bonds. The normalized spacial score (nSPS) is 21.6. The molecule has 3 aliphatic rings. The van der Waals surface area contributed by atoms with Crippen LogP contribution in [0.25, 0.3) is 11.3 Å². The zero-order valence-electron chi connectivity index (χ0n) is 20.0. The van der Waals surface area contributed by atoms with Crippen molar-refractivity contribution >= 4 is 15.7 Å². The van der Waals surface area contributed by atoms with Crippen LogP contribution >= 0.6 is 0 Å². The molecule has 1 atom stereocenters. The summed E-state index contributed by atoms with van der Waals surface area (Å²) in [7, 11) is -3.58. The number of amides is 1. The second-order valence-corrected chi connectivity index (χ2v) is 11.6. The van der Waals surface area contributed by atoms with E-state index < -0.39 is 9.84 Å². The Hall–Kier alpha value is -3.08. The molecule has 3 aromatic rings. The minimum absolute atomic E-state index is 0.0365. The molecular weight excluding hydrogens is 478 g/mol. The van der Waals surface area contributed by atoms with Crippen LogP contribution in [0.3, 0.4) is 0 Å². The summed E-state index contributed by atoms with van der Waals surface area (Å²) < 4.78 is 33.8. The average Bonchev–Trinajstić information content (AvgIpc) is 3.28. The molecule has 2 saturated heterocycles. The van der Waals surface area contributed by atoms with Gasteiger partial charge in [-0.2, -0.15) is 5.10 Å². The number of aromatic nitrogens is 3. The molecule has 2 fully saturated rings. The first-order valence-electron chi connectivity index (χ1n) is 12.4. The first-order valence-corrected chi connectivity index (χ1v) is 14.1. The van der Waals surface area contributed by atoms with Crippen LogP contribution in [0.1, 0.15) is 40.5 Å². The van der Waals surface area contributed by atoms with E-state index in [0.717, 1.165) is 38.2 Å². The quantitative estimate of drug-likeness (QED) is 0.535. The van der Waals surface area contributed by atoms with Crippen molar-refractivity contribution in [2.45, 2.75) is 36.1 Å². The number of likely N-dealkylation sites (tertiary alicyclic amines) is 1. The summed E-state index contributed by atoms with van der Waals surface area (Å²) in [6.45, 7) is 4.47. The highest BCUT2D eigenvalue weighted by Crippen LogP contribution is 2.42. The molecule has 0 N–H and O–H groups in total. The van der Waals surface area contributed by atoms with Crippen molar-refractivity contribution in [2.75, 3.05) is 39.4 Å². The fourth-order valence-electron chi connectivity index (χ4n) is 5.57. The second-order valence-electron chi connectivity index (χ2n) is 9.67. The van der Waals surface area contributed by atoms with Gasteiger partial charge >= 0.3 is 0 Å². The number of piperidine rings is 1. The summed E-state index contributed by atoms with van der Waals surface area (Å²) in [5, 5.41) is 4.88. The lowest BCUT2D eigenvalue weighted by Gasteiger charge is -2.34. The molecule has 3 aliphatic heterocycles. The van der Waals surface area contributed by atoms with Gasteiger partial charge in [-0.15, -0.1) is 0 Å². The van der Waals surface area contributed by atoms with Gasteiger partial charge < -0.3 is 9.64 Å². The Morgan fingerprint density at radius 1 is 1.06 bits per heavy atom. The molecule has 0 bridgehead atoms. The number of hydrogen-bond donors (Lipinski definition) is 0. The van der Waals surface area contributed by atoms with Gasteiger partial charge in [0, 0.05) is 49.7 Å². The maximum Gasteiger partial charge on any atom is 0.274 e. The van der Waals surface area contributed by atoms with Crippen LogP contribution in [0.2, 0.25) is 0 Å². The summed E-state index contributed by atoms with van der Waals surface area (Å²) >= 11 is 0. The highest BCUT2D eigenvalue weighted by Gasteiger charge is 2.38. The highest BCUT2D eigenvalue weighted by atomic mass is 32.2. The maximum atomic E-state index is 13.6. The minimum atomic E-state index is -3.58. The number of pyridine rings is 1. The van der Waals surface area contributed by atoms with E-state index in [2.05, 4.69) is 9.88 Å². The first kappa shape index (κ1) is 23.3. The third-order valence-electron chi connectivity index (χ3n) is 7.30. The van der Waals surface area contributed by atoms with E-state index in [1.54, 1.807) is 17.0 Å². The predicted octanol–water partition coefficient (Wildman–Crippen LogP) is 2.54. The lowest BCUT2D eigenvalue weighted by Crippen LogP contribution is -2.41. The van der Waals surface area contributed by atoms with Crippen LogP contribution in [-0.2, 0) is 26.9 Å². The van der Waals surface area contributed by atoms with Crippen LogP contribution in [-0.4, -0.2) is 78.3 Å². The Labute approximate surface area is 210 Å². The van der Waals surface area contributed by atoms with Crippen molar-refractivity contribution in [1.82, 2.24) is 24.6 Å². The number of hydrogen-bond acceptors (Lipinski definition) is 7. The Kier molecular flexibility index (Phi) is 6.10. The first-order chi connectivity index (χ1) is 17.5. The van der Waals surface area contributed by atoms with Crippen molar-refractivity contribution in [1.29, 1.82) is 0 Å². The van der Waals surface area contributed by atoms with Crippen molar-refractivity contribution in [2.24, 2.45) is 0 Å². The van der Waals surface area contributed by atoms with Crippen molar-refractivity contribution in [3.8, 4) is 11.3 Å². The molecule has 0 radical (unpaired) electrons. The summed E-state index contributed by atoms with van der Waals surface area (Å²) in [4.78, 5) is 22.1. The van der Waals surface area contributed by atoms with Crippen LogP contribution in [0.15, 0.2) is 53.7 Å². The summed E-state index contributed by atoms with van der Waals surface area (Å²) in [5.41, 5.74) is 3.40. The predicted molar refractivity (Wildman–Crippen MR) is 133 cm³/mol. The zero-order chi connectivity index (χ0) is 24.7. The lowest BCUT2D eigenvalue weighted by atomic mass is 10.0. The number of ether oxygens (including phenoxy) is 1. The average molecular weight is 508 g/mol. The van der Waals surface area contributed by atoms with Crippen LogP contribution in [0.4, 0.5) is 0 Å². The summed E-state index contributed by atoms with van der Waals surface area (Å²) in [6, 6.07) is 11.2. The fraction of sp³-hybridized carbons (Fsp3) is 0.423. The van der Waals surface area contributed by atoms with Gasteiger partial charge in [0.25, 0.3) is 5.91 Å². The van der Waals surface area contributed by atoms with Gasteiger partial charge in [0.15, 0.2) is 15.5 Å². The standard InChI is InChI=1S/C26H29N5O4S/c32-26(30-12-14-35-15-13-30)24-22-18-36(33,34)23-6-2-1-5-21(23)25(22)31(28-24)20-4-3-11-29(17-20)16-19-7-9-27-10-8-19/h1-2,5-10,20H,3-4,11-18H2/t20-/m0/s1. The third-order valence-corrected chi connectivity index (χ3v) is 9.00. The van der Waals surface area contributed by atoms with E-state index in [0.29, 0.717) is 42.3 Å². The smallest absolute Gasteiger partial charge is 0.274 e. The molecule has 0 unspecified atom stereocenters. The minimum Gasteiger partial charge on any atom is -0.378 e. The van der Waals surface area contributed by atoms with Gasteiger partial charge in [-0.25, -0.2) is 8.42 Å².